The average molecular weight is 435 g/mol. The van der Waals surface area contributed by atoms with Crippen LogP contribution >= 0.6 is 24.8 Å². The van der Waals surface area contributed by atoms with E-state index in [9.17, 15) is 4.79 Å². The normalized spacial score (nSPS) is 24.5. The van der Waals surface area contributed by atoms with Gasteiger partial charge in [0.05, 0.1) is 6.20 Å². The first kappa shape index (κ1) is 25.2. The molecule has 2 fully saturated rings. The third-order valence-corrected chi connectivity index (χ3v) is 6.09. The van der Waals surface area contributed by atoms with Crippen LogP contribution < -0.4 is 5.32 Å². The lowest BCUT2D eigenvalue weighted by Gasteiger charge is -2.37. The predicted octanol–water partition coefficient (Wildman–Crippen LogP) is 1.54. The van der Waals surface area contributed by atoms with Gasteiger partial charge in [-0.05, 0) is 33.7 Å². The molecule has 7 nitrogen and oxygen atoms in total. The van der Waals surface area contributed by atoms with E-state index in [1.54, 1.807) is 10.9 Å². The summed E-state index contributed by atoms with van der Waals surface area (Å²) in [6.07, 6.45) is 6.33. The monoisotopic (exact) mass is 434 g/mol. The van der Waals surface area contributed by atoms with Crippen LogP contribution in [0.25, 0.3) is 0 Å². The van der Waals surface area contributed by atoms with E-state index < -0.39 is 0 Å². The molecule has 1 aromatic rings. The summed E-state index contributed by atoms with van der Waals surface area (Å²) in [4.78, 5) is 20.0. The molecule has 0 saturated carbocycles. The Morgan fingerprint density at radius 2 is 1.75 bits per heavy atom. The molecule has 2 saturated heterocycles. The SMILES string of the molecule is CNC(C(=O)N1CCN(CCN2C(C)CCC2C)CC1)c1cnn(C)c1.Cl.Cl. The van der Waals surface area contributed by atoms with E-state index >= 15 is 0 Å². The van der Waals surface area contributed by atoms with Crippen LogP contribution in [0, 0.1) is 0 Å². The Morgan fingerprint density at radius 1 is 1.14 bits per heavy atom. The molecule has 3 rings (SSSR count). The molecule has 0 radical (unpaired) electrons. The Bertz CT molecular complexity index is 595. The first-order valence-electron chi connectivity index (χ1n) is 9.92. The van der Waals surface area contributed by atoms with E-state index in [1.165, 1.54) is 12.8 Å². The van der Waals surface area contributed by atoms with Gasteiger partial charge < -0.3 is 10.2 Å². The van der Waals surface area contributed by atoms with Gasteiger partial charge in [-0.3, -0.25) is 19.3 Å². The fourth-order valence-corrected chi connectivity index (χ4v) is 4.34. The van der Waals surface area contributed by atoms with E-state index in [-0.39, 0.29) is 36.8 Å². The third kappa shape index (κ3) is 5.83. The molecule has 0 aliphatic carbocycles. The second-order valence-corrected chi connectivity index (χ2v) is 7.85. The minimum atomic E-state index is -0.304. The molecule has 162 valence electrons. The van der Waals surface area contributed by atoms with Crippen molar-refractivity contribution in [3.05, 3.63) is 18.0 Å². The molecular weight excluding hydrogens is 399 g/mol. The Labute approximate surface area is 181 Å². The molecule has 3 atom stereocenters. The number of carbonyl (C=O) groups excluding carboxylic acids is 1. The van der Waals surface area contributed by atoms with Crippen molar-refractivity contribution in [2.24, 2.45) is 7.05 Å². The lowest BCUT2D eigenvalue weighted by atomic mass is 10.1. The van der Waals surface area contributed by atoms with Gasteiger partial charge in [0.2, 0.25) is 5.91 Å². The van der Waals surface area contributed by atoms with Crippen LogP contribution in [0.4, 0.5) is 0 Å². The maximum atomic E-state index is 12.9. The van der Waals surface area contributed by atoms with Crippen molar-refractivity contribution in [3.8, 4) is 0 Å². The number of halogens is 2. The van der Waals surface area contributed by atoms with E-state index in [0.717, 1.165) is 44.8 Å². The highest BCUT2D eigenvalue weighted by molar-refractivity contribution is 5.85. The number of carbonyl (C=O) groups is 1. The molecule has 3 heterocycles. The van der Waals surface area contributed by atoms with E-state index in [4.69, 9.17) is 0 Å². The molecule has 9 heteroatoms. The van der Waals surface area contributed by atoms with Gasteiger partial charge in [0.25, 0.3) is 0 Å². The van der Waals surface area contributed by atoms with E-state index in [0.29, 0.717) is 12.1 Å². The number of aryl methyl sites for hydroxylation is 1. The summed E-state index contributed by atoms with van der Waals surface area (Å²) >= 11 is 0. The predicted molar refractivity (Wildman–Crippen MR) is 117 cm³/mol. The first-order chi connectivity index (χ1) is 12.5. The molecule has 1 amide bonds. The van der Waals surface area contributed by atoms with Crippen LogP contribution in [-0.2, 0) is 11.8 Å². The lowest BCUT2D eigenvalue weighted by Crippen LogP contribution is -2.52. The molecule has 3 unspecified atom stereocenters. The summed E-state index contributed by atoms with van der Waals surface area (Å²) < 4.78 is 1.74. The van der Waals surface area contributed by atoms with Crippen LogP contribution in [0.5, 0.6) is 0 Å². The van der Waals surface area contributed by atoms with Crippen LogP contribution in [0.15, 0.2) is 12.4 Å². The van der Waals surface area contributed by atoms with Gasteiger partial charge in [0.15, 0.2) is 0 Å². The van der Waals surface area contributed by atoms with Gasteiger partial charge >= 0.3 is 0 Å². The van der Waals surface area contributed by atoms with Gasteiger partial charge in [0.1, 0.15) is 6.04 Å². The number of hydrogen-bond donors (Lipinski definition) is 1. The van der Waals surface area contributed by atoms with Crippen molar-refractivity contribution in [3.63, 3.8) is 0 Å². The number of rotatable bonds is 6. The standard InChI is InChI=1S/C19H34N6O.2ClH/c1-15-5-6-16(2)25(15)12-9-23-7-10-24(11-8-23)19(26)18(20-3)17-13-21-22(4)14-17;;/h13-16,18,20H,5-12H2,1-4H3;2*1H. The largest absolute Gasteiger partial charge is 0.338 e. The van der Waals surface area contributed by atoms with Crippen molar-refractivity contribution < 1.29 is 4.79 Å². The second kappa shape index (κ2) is 11.4. The maximum absolute atomic E-state index is 12.9. The van der Waals surface area contributed by atoms with Gasteiger partial charge in [0, 0.05) is 70.2 Å². The lowest BCUT2D eigenvalue weighted by molar-refractivity contribution is -0.135. The molecular formula is C19H36Cl2N6O. The maximum Gasteiger partial charge on any atom is 0.244 e. The summed E-state index contributed by atoms with van der Waals surface area (Å²) in [5.41, 5.74) is 0.930. The second-order valence-electron chi connectivity index (χ2n) is 7.85. The molecule has 0 aromatic carbocycles. The summed E-state index contributed by atoms with van der Waals surface area (Å²) in [5.74, 6) is 0.155. The highest BCUT2D eigenvalue weighted by Gasteiger charge is 2.30. The van der Waals surface area contributed by atoms with Gasteiger partial charge in [-0.25, -0.2) is 0 Å². The highest BCUT2D eigenvalue weighted by Crippen LogP contribution is 2.23. The number of likely N-dealkylation sites (tertiary alicyclic amines) is 1. The Hall–Kier alpha value is -0.860. The fourth-order valence-electron chi connectivity index (χ4n) is 4.34. The number of nitrogens with one attached hydrogen (secondary N) is 1. The van der Waals surface area contributed by atoms with Crippen molar-refractivity contribution in [1.82, 2.24) is 29.8 Å². The molecule has 1 N–H and O–H groups in total. The molecule has 0 spiro atoms. The zero-order chi connectivity index (χ0) is 18.7. The summed E-state index contributed by atoms with van der Waals surface area (Å²) in [6, 6.07) is 1.12. The third-order valence-electron chi connectivity index (χ3n) is 6.09. The zero-order valence-electron chi connectivity index (χ0n) is 17.5. The number of nitrogens with zero attached hydrogens (tertiary/aromatic N) is 5. The number of likely N-dealkylation sites (N-methyl/N-ethyl adjacent to an activating group) is 1. The summed E-state index contributed by atoms with van der Waals surface area (Å²) in [7, 11) is 3.71. The number of amides is 1. The molecule has 0 bridgehead atoms. The highest BCUT2D eigenvalue weighted by atomic mass is 35.5. The van der Waals surface area contributed by atoms with Crippen LogP contribution in [0.1, 0.15) is 38.3 Å². The van der Waals surface area contributed by atoms with Crippen LogP contribution in [0.2, 0.25) is 0 Å². The average Bonchev–Trinajstić information content (AvgIpc) is 3.20. The number of aromatic nitrogens is 2. The smallest absolute Gasteiger partial charge is 0.244 e. The number of piperazine rings is 1. The Balaban J connectivity index is 0.00000196. The summed E-state index contributed by atoms with van der Waals surface area (Å²) in [5, 5.41) is 7.34. The van der Waals surface area contributed by atoms with Crippen molar-refractivity contribution in [2.45, 2.75) is 44.8 Å². The van der Waals surface area contributed by atoms with Crippen LogP contribution in [-0.4, -0.2) is 88.8 Å². The minimum Gasteiger partial charge on any atom is -0.338 e. The molecule has 1 aromatic heterocycles. The van der Waals surface area contributed by atoms with E-state index in [2.05, 4.69) is 34.1 Å². The molecule has 2 aliphatic heterocycles. The number of hydrogen-bond acceptors (Lipinski definition) is 5. The Morgan fingerprint density at radius 3 is 2.25 bits per heavy atom. The first-order valence-corrected chi connectivity index (χ1v) is 9.92. The fraction of sp³-hybridized carbons (Fsp3) is 0.789. The quantitative estimate of drug-likeness (QED) is 0.735. The van der Waals surface area contributed by atoms with Gasteiger partial charge in [-0.15, -0.1) is 24.8 Å². The van der Waals surface area contributed by atoms with Crippen molar-refractivity contribution in [2.75, 3.05) is 46.3 Å². The van der Waals surface area contributed by atoms with Crippen molar-refractivity contribution in [1.29, 1.82) is 0 Å². The van der Waals surface area contributed by atoms with Crippen molar-refractivity contribution >= 4 is 30.7 Å². The zero-order valence-corrected chi connectivity index (χ0v) is 19.1. The Kier molecular flexibility index (Phi) is 10.2. The van der Waals surface area contributed by atoms with Gasteiger partial charge in [-0.1, -0.05) is 0 Å². The minimum absolute atomic E-state index is 0. The van der Waals surface area contributed by atoms with E-state index in [1.807, 2.05) is 25.2 Å². The molecule has 28 heavy (non-hydrogen) atoms. The topological polar surface area (TPSA) is 56.6 Å². The summed E-state index contributed by atoms with van der Waals surface area (Å²) in [6.45, 7) is 10.5. The molecule has 2 aliphatic rings. The van der Waals surface area contributed by atoms with Crippen LogP contribution in [0.3, 0.4) is 0 Å². The van der Waals surface area contributed by atoms with Gasteiger partial charge in [-0.2, -0.15) is 5.10 Å².